The number of hydrogen-bond donors (Lipinski definition) is 3. The fourth-order valence-electron chi connectivity index (χ4n) is 2.98. The summed E-state index contributed by atoms with van der Waals surface area (Å²) in [7, 11) is 0. The van der Waals surface area contributed by atoms with Crippen molar-refractivity contribution in [1.29, 1.82) is 0 Å². The lowest BCUT2D eigenvalue weighted by atomic mass is 9.88. The van der Waals surface area contributed by atoms with Crippen molar-refractivity contribution in [3.05, 3.63) is 0 Å². The van der Waals surface area contributed by atoms with Gasteiger partial charge in [-0.05, 0) is 50.5 Å². The molecule has 0 aromatic carbocycles. The van der Waals surface area contributed by atoms with Crippen LogP contribution in [0.15, 0.2) is 0 Å². The Morgan fingerprint density at radius 2 is 2.00 bits per heavy atom. The highest BCUT2D eigenvalue weighted by atomic mass is 16.4. The predicted molar refractivity (Wildman–Crippen MR) is 78.1 cm³/mol. The number of nitrogens with two attached hydrogens (primary N) is 1. The van der Waals surface area contributed by atoms with Crippen LogP contribution in [0.25, 0.3) is 0 Å². The molecule has 3 unspecified atom stereocenters. The summed E-state index contributed by atoms with van der Waals surface area (Å²) in [6, 6.07) is 0.0376. The van der Waals surface area contributed by atoms with Crippen LogP contribution in [0.3, 0.4) is 0 Å². The molecule has 0 radical (unpaired) electrons. The van der Waals surface area contributed by atoms with Gasteiger partial charge >= 0.3 is 5.97 Å². The third-order valence-electron chi connectivity index (χ3n) is 4.37. The largest absolute Gasteiger partial charge is 0.481 e. The minimum Gasteiger partial charge on any atom is -0.481 e. The molecule has 20 heavy (non-hydrogen) atoms. The molecule has 1 aliphatic rings. The van der Waals surface area contributed by atoms with E-state index in [1.54, 1.807) is 0 Å². The Kier molecular flexibility index (Phi) is 6.99. The number of nitrogens with one attached hydrogen (secondary N) is 1. The van der Waals surface area contributed by atoms with Crippen molar-refractivity contribution < 1.29 is 14.7 Å². The second-order valence-electron chi connectivity index (χ2n) is 6.23. The first kappa shape index (κ1) is 17.0. The fourth-order valence-corrected chi connectivity index (χ4v) is 2.98. The van der Waals surface area contributed by atoms with Crippen LogP contribution in [0.5, 0.6) is 0 Å². The number of hydrogen-bond acceptors (Lipinski definition) is 3. The molecule has 1 aliphatic carbocycles. The number of rotatable bonds is 8. The van der Waals surface area contributed by atoms with Crippen molar-refractivity contribution in [2.24, 2.45) is 23.5 Å². The second kappa shape index (κ2) is 8.25. The van der Waals surface area contributed by atoms with Gasteiger partial charge in [0, 0.05) is 12.5 Å². The van der Waals surface area contributed by atoms with Crippen LogP contribution in [0.1, 0.15) is 52.4 Å². The zero-order chi connectivity index (χ0) is 15.1. The Morgan fingerprint density at radius 1 is 1.30 bits per heavy atom. The molecule has 4 N–H and O–H groups in total. The van der Waals surface area contributed by atoms with Gasteiger partial charge in [0.1, 0.15) is 0 Å². The normalized spacial score (nSPS) is 23.8. The van der Waals surface area contributed by atoms with E-state index in [1.165, 1.54) is 0 Å². The van der Waals surface area contributed by atoms with Crippen molar-refractivity contribution in [2.45, 2.75) is 58.4 Å². The Bertz CT molecular complexity index is 331. The average molecular weight is 284 g/mol. The van der Waals surface area contributed by atoms with E-state index in [4.69, 9.17) is 10.8 Å². The maximum atomic E-state index is 11.9. The van der Waals surface area contributed by atoms with E-state index in [-0.39, 0.29) is 17.9 Å². The Hall–Kier alpha value is -1.10. The molecule has 1 saturated carbocycles. The maximum Gasteiger partial charge on any atom is 0.306 e. The topological polar surface area (TPSA) is 92.4 Å². The lowest BCUT2D eigenvalue weighted by molar-refractivity contribution is -0.141. The number of carboxylic acid groups (broad SMARTS) is 1. The summed E-state index contributed by atoms with van der Waals surface area (Å²) < 4.78 is 0. The summed E-state index contributed by atoms with van der Waals surface area (Å²) in [6.07, 6.45) is 4.33. The smallest absolute Gasteiger partial charge is 0.306 e. The van der Waals surface area contributed by atoms with Gasteiger partial charge in [-0.3, -0.25) is 9.59 Å². The summed E-state index contributed by atoms with van der Waals surface area (Å²) in [5.41, 5.74) is 5.59. The van der Waals surface area contributed by atoms with Gasteiger partial charge in [0.15, 0.2) is 0 Å². The zero-order valence-corrected chi connectivity index (χ0v) is 12.6. The highest BCUT2D eigenvalue weighted by Gasteiger charge is 2.30. The molecule has 116 valence electrons. The Labute approximate surface area is 121 Å². The van der Waals surface area contributed by atoms with Gasteiger partial charge in [-0.15, -0.1) is 0 Å². The molecule has 1 amide bonds. The standard InChI is InChI=1S/C15H28N2O3/c1-10(2)11(7-8-16)4-6-14(18)17-13-5-3-12(9-13)15(19)20/h10-13H,3-9,16H2,1-2H3,(H,17,18)(H,19,20). The van der Waals surface area contributed by atoms with Crippen LogP contribution in [0.2, 0.25) is 0 Å². The molecule has 0 spiro atoms. The lowest BCUT2D eigenvalue weighted by Gasteiger charge is -2.20. The van der Waals surface area contributed by atoms with Crippen LogP contribution in [-0.2, 0) is 9.59 Å². The van der Waals surface area contributed by atoms with Gasteiger partial charge in [-0.25, -0.2) is 0 Å². The molecule has 0 aromatic heterocycles. The summed E-state index contributed by atoms with van der Waals surface area (Å²) in [4.78, 5) is 22.8. The van der Waals surface area contributed by atoms with Crippen LogP contribution in [0, 0.1) is 17.8 Å². The Morgan fingerprint density at radius 3 is 2.50 bits per heavy atom. The SMILES string of the molecule is CC(C)C(CCN)CCC(=O)NC1CCC(C(=O)O)C1. The fraction of sp³-hybridized carbons (Fsp3) is 0.867. The van der Waals surface area contributed by atoms with Gasteiger partial charge < -0.3 is 16.2 Å². The summed E-state index contributed by atoms with van der Waals surface area (Å²) >= 11 is 0. The molecule has 0 heterocycles. The minimum atomic E-state index is -0.746. The third kappa shape index (κ3) is 5.49. The Balaban J connectivity index is 2.28. The molecule has 1 fully saturated rings. The number of carboxylic acids is 1. The quantitative estimate of drug-likeness (QED) is 0.633. The number of carbonyl (C=O) groups excluding carboxylic acids is 1. The van der Waals surface area contributed by atoms with Crippen molar-refractivity contribution in [3.8, 4) is 0 Å². The first-order valence-electron chi connectivity index (χ1n) is 7.66. The highest BCUT2D eigenvalue weighted by Crippen LogP contribution is 2.26. The molecule has 0 aromatic rings. The van der Waals surface area contributed by atoms with E-state index in [0.29, 0.717) is 37.6 Å². The summed E-state index contributed by atoms with van der Waals surface area (Å²) in [5.74, 6) is 0.0320. The number of aliphatic carboxylic acids is 1. The molecule has 5 nitrogen and oxygen atoms in total. The van der Waals surface area contributed by atoms with Gasteiger partial charge in [0.25, 0.3) is 0 Å². The molecule has 0 aliphatic heterocycles. The first-order valence-corrected chi connectivity index (χ1v) is 7.66. The van der Waals surface area contributed by atoms with E-state index in [9.17, 15) is 9.59 Å². The molecule has 3 atom stereocenters. The van der Waals surface area contributed by atoms with Crippen LogP contribution in [-0.4, -0.2) is 29.6 Å². The maximum absolute atomic E-state index is 11.9. The summed E-state index contributed by atoms with van der Waals surface area (Å²) in [6.45, 7) is 4.98. The lowest BCUT2D eigenvalue weighted by Crippen LogP contribution is -2.33. The van der Waals surface area contributed by atoms with Gasteiger partial charge in [0.05, 0.1) is 5.92 Å². The molecule has 0 bridgehead atoms. The molecule has 1 rings (SSSR count). The second-order valence-corrected chi connectivity index (χ2v) is 6.23. The van der Waals surface area contributed by atoms with Crippen molar-refractivity contribution >= 4 is 11.9 Å². The first-order chi connectivity index (χ1) is 9.43. The van der Waals surface area contributed by atoms with E-state index in [2.05, 4.69) is 19.2 Å². The monoisotopic (exact) mass is 284 g/mol. The average Bonchev–Trinajstić information content (AvgIpc) is 2.82. The molecular weight excluding hydrogens is 256 g/mol. The van der Waals surface area contributed by atoms with E-state index >= 15 is 0 Å². The molecule has 0 saturated heterocycles. The van der Waals surface area contributed by atoms with Crippen molar-refractivity contribution in [1.82, 2.24) is 5.32 Å². The number of amides is 1. The van der Waals surface area contributed by atoms with Gasteiger partial charge in [-0.1, -0.05) is 13.8 Å². The van der Waals surface area contributed by atoms with E-state index < -0.39 is 5.97 Å². The molecule has 5 heteroatoms. The third-order valence-corrected chi connectivity index (χ3v) is 4.37. The van der Waals surface area contributed by atoms with Crippen molar-refractivity contribution in [3.63, 3.8) is 0 Å². The van der Waals surface area contributed by atoms with E-state index in [0.717, 1.165) is 19.3 Å². The highest BCUT2D eigenvalue weighted by molar-refractivity contribution is 5.76. The van der Waals surface area contributed by atoms with Crippen LogP contribution < -0.4 is 11.1 Å². The predicted octanol–water partition coefficient (Wildman–Crippen LogP) is 1.76. The zero-order valence-electron chi connectivity index (χ0n) is 12.6. The van der Waals surface area contributed by atoms with E-state index in [1.807, 2.05) is 0 Å². The van der Waals surface area contributed by atoms with Crippen LogP contribution >= 0.6 is 0 Å². The summed E-state index contributed by atoms with van der Waals surface area (Å²) in [5, 5.41) is 11.9. The number of carbonyl (C=O) groups is 2. The molecular formula is C15H28N2O3. The van der Waals surface area contributed by atoms with Gasteiger partial charge in [0.2, 0.25) is 5.91 Å². The van der Waals surface area contributed by atoms with Crippen LogP contribution in [0.4, 0.5) is 0 Å². The minimum absolute atomic E-state index is 0.0376. The van der Waals surface area contributed by atoms with Crippen molar-refractivity contribution in [2.75, 3.05) is 6.54 Å². The van der Waals surface area contributed by atoms with Gasteiger partial charge in [-0.2, -0.15) is 0 Å².